The van der Waals surface area contributed by atoms with Gasteiger partial charge in [-0.25, -0.2) is 14.8 Å². The fourth-order valence-corrected chi connectivity index (χ4v) is 2.26. The highest BCUT2D eigenvalue weighted by atomic mass is 16.4. The number of aromatic nitrogens is 2. The second kappa shape index (κ2) is 4.35. The van der Waals surface area contributed by atoms with Gasteiger partial charge in [-0.1, -0.05) is 6.07 Å². The summed E-state index contributed by atoms with van der Waals surface area (Å²) in [6, 6.07) is 7.10. The standard InChI is InChI=1S/C14H13N3O2/c1-9-4-5-15-14(16-9)17-7-11-3-2-10(13(18)19)6-12(11)8-17/h2-6H,7-8H2,1H3,(H,18,19). The summed E-state index contributed by atoms with van der Waals surface area (Å²) in [6.07, 6.45) is 1.74. The van der Waals surface area contributed by atoms with E-state index < -0.39 is 5.97 Å². The Balaban J connectivity index is 1.90. The molecule has 0 atom stereocenters. The van der Waals surface area contributed by atoms with Gasteiger partial charge in [0.05, 0.1) is 5.56 Å². The van der Waals surface area contributed by atoms with Gasteiger partial charge in [0.1, 0.15) is 0 Å². The minimum Gasteiger partial charge on any atom is -0.478 e. The van der Waals surface area contributed by atoms with Gasteiger partial charge in [0, 0.05) is 25.0 Å². The van der Waals surface area contributed by atoms with Crippen LogP contribution in [0.5, 0.6) is 0 Å². The minimum atomic E-state index is -0.895. The first-order valence-electron chi connectivity index (χ1n) is 6.03. The summed E-state index contributed by atoms with van der Waals surface area (Å²) in [5, 5.41) is 9.00. The zero-order valence-corrected chi connectivity index (χ0v) is 10.5. The van der Waals surface area contributed by atoms with Crippen molar-refractivity contribution < 1.29 is 9.90 Å². The van der Waals surface area contributed by atoms with Gasteiger partial charge in [0.15, 0.2) is 0 Å². The Morgan fingerprint density at radius 1 is 1.26 bits per heavy atom. The number of hydrogen-bond donors (Lipinski definition) is 1. The normalized spacial score (nSPS) is 13.4. The molecule has 0 aliphatic carbocycles. The Morgan fingerprint density at radius 3 is 2.79 bits per heavy atom. The smallest absolute Gasteiger partial charge is 0.335 e. The molecule has 0 fully saturated rings. The number of aromatic carboxylic acids is 1. The molecule has 1 aromatic carbocycles. The van der Waals surface area contributed by atoms with Crippen LogP contribution in [0.25, 0.3) is 0 Å². The maximum Gasteiger partial charge on any atom is 0.335 e. The van der Waals surface area contributed by atoms with Gasteiger partial charge >= 0.3 is 5.97 Å². The molecule has 0 saturated heterocycles. The summed E-state index contributed by atoms with van der Waals surface area (Å²) in [4.78, 5) is 21.7. The lowest BCUT2D eigenvalue weighted by Gasteiger charge is -2.14. The maximum atomic E-state index is 11.0. The molecule has 2 aromatic rings. The molecule has 1 aliphatic rings. The lowest BCUT2D eigenvalue weighted by atomic mass is 10.1. The highest BCUT2D eigenvalue weighted by Crippen LogP contribution is 2.26. The fraction of sp³-hybridized carbons (Fsp3) is 0.214. The van der Waals surface area contributed by atoms with E-state index in [4.69, 9.17) is 5.11 Å². The van der Waals surface area contributed by atoms with E-state index in [0.29, 0.717) is 18.1 Å². The van der Waals surface area contributed by atoms with Crippen LogP contribution >= 0.6 is 0 Å². The minimum absolute atomic E-state index is 0.325. The molecular formula is C14H13N3O2. The lowest BCUT2D eigenvalue weighted by molar-refractivity contribution is 0.0697. The first-order chi connectivity index (χ1) is 9.13. The molecule has 3 rings (SSSR count). The van der Waals surface area contributed by atoms with Crippen molar-refractivity contribution in [2.24, 2.45) is 0 Å². The number of anilines is 1. The number of carbonyl (C=O) groups is 1. The van der Waals surface area contributed by atoms with Crippen LogP contribution in [-0.2, 0) is 13.1 Å². The summed E-state index contributed by atoms with van der Waals surface area (Å²) >= 11 is 0. The maximum absolute atomic E-state index is 11.0. The number of carboxylic acid groups (broad SMARTS) is 1. The van der Waals surface area contributed by atoms with E-state index in [1.165, 1.54) is 0 Å². The summed E-state index contributed by atoms with van der Waals surface area (Å²) in [5.74, 6) is -0.207. The van der Waals surface area contributed by atoms with Crippen molar-refractivity contribution in [1.29, 1.82) is 0 Å². The molecule has 5 nitrogen and oxygen atoms in total. The van der Waals surface area contributed by atoms with Crippen LogP contribution in [0, 0.1) is 6.92 Å². The van der Waals surface area contributed by atoms with Gasteiger partial charge in [-0.15, -0.1) is 0 Å². The molecule has 96 valence electrons. The van der Waals surface area contributed by atoms with Crippen LogP contribution in [0.2, 0.25) is 0 Å². The van der Waals surface area contributed by atoms with E-state index >= 15 is 0 Å². The molecule has 0 saturated carbocycles. The molecule has 0 amide bonds. The first kappa shape index (κ1) is 11.6. The van der Waals surface area contributed by atoms with Crippen LogP contribution in [0.15, 0.2) is 30.5 Å². The van der Waals surface area contributed by atoms with Gasteiger partial charge in [-0.05, 0) is 36.2 Å². The van der Waals surface area contributed by atoms with Gasteiger partial charge in [-0.3, -0.25) is 0 Å². The molecule has 0 unspecified atom stereocenters. The van der Waals surface area contributed by atoms with E-state index in [-0.39, 0.29) is 0 Å². The SMILES string of the molecule is Cc1ccnc(N2Cc3ccc(C(=O)O)cc3C2)n1. The quantitative estimate of drug-likeness (QED) is 0.889. The molecule has 0 radical (unpaired) electrons. The van der Waals surface area contributed by atoms with Crippen LogP contribution in [-0.4, -0.2) is 21.0 Å². The fourth-order valence-electron chi connectivity index (χ4n) is 2.26. The molecule has 2 heterocycles. The van der Waals surface area contributed by atoms with Gasteiger partial charge < -0.3 is 10.0 Å². The second-order valence-electron chi connectivity index (χ2n) is 4.64. The van der Waals surface area contributed by atoms with Crippen molar-refractivity contribution in [1.82, 2.24) is 9.97 Å². The number of fused-ring (bicyclic) bond motifs is 1. The third kappa shape index (κ3) is 2.14. The van der Waals surface area contributed by atoms with E-state index in [1.807, 2.05) is 24.0 Å². The van der Waals surface area contributed by atoms with Crippen LogP contribution in [0.1, 0.15) is 27.2 Å². The summed E-state index contributed by atoms with van der Waals surface area (Å²) < 4.78 is 0. The number of rotatable bonds is 2. The average molecular weight is 255 g/mol. The third-order valence-corrected chi connectivity index (χ3v) is 3.24. The van der Waals surface area contributed by atoms with Crippen molar-refractivity contribution in [3.05, 3.63) is 52.8 Å². The number of nitrogens with zero attached hydrogens (tertiary/aromatic N) is 3. The predicted octanol–water partition coefficient (Wildman–Crippen LogP) is 2.00. The van der Waals surface area contributed by atoms with Crippen molar-refractivity contribution in [2.75, 3.05) is 4.90 Å². The molecular weight excluding hydrogens is 242 g/mol. The molecule has 1 aliphatic heterocycles. The predicted molar refractivity (Wildman–Crippen MR) is 70.1 cm³/mol. The van der Waals surface area contributed by atoms with Crippen molar-refractivity contribution >= 4 is 11.9 Å². The van der Waals surface area contributed by atoms with E-state index in [2.05, 4.69) is 9.97 Å². The lowest BCUT2D eigenvalue weighted by Crippen LogP contribution is -2.17. The highest BCUT2D eigenvalue weighted by molar-refractivity contribution is 5.88. The van der Waals surface area contributed by atoms with Gasteiger partial charge in [0.2, 0.25) is 5.95 Å². The van der Waals surface area contributed by atoms with Crippen LogP contribution in [0.3, 0.4) is 0 Å². The van der Waals surface area contributed by atoms with Gasteiger partial charge in [0.25, 0.3) is 0 Å². The topological polar surface area (TPSA) is 66.3 Å². The van der Waals surface area contributed by atoms with Crippen molar-refractivity contribution in [2.45, 2.75) is 20.0 Å². The Kier molecular flexibility index (Phi) is 2.67. The van der Waals surface area contributed by atoms with Crippen molar-refractivity contribution in [3.8, 4) is 0 Å². The number of aryl methyl sites for hydroxylation is 1. The average Bonchev–Trinajstić information content (AvgIpc) is 2.81. The summed E-state index contributed by atoms with van der Waals surface area (Å²) in [6.45, 7) is 3.30. The van der Waals surface area contributed by atoms with E-state index in [0.717, 1.165) is 23.4 Å². The van der Waals surface area contributed by atoms with Crippen molar-refractivity contribution in [3.63, 3.8) is 0 Å². The van der Waals surface area contributed by atoms with E-state index in [9.17, 15) is 4.79 Å². The van der Waals surface area contributed by atoms with E-state index in [1.54, 1.807) is 18.3 Å². The Morgan fingerprint density at radius 2 is 2.05 bits per heavy atom. The Bertz CT molecular complexity index is 655. The van der Waals surface area contributed by atoms with Crippen LogP contribution in [0.4, 0.5) is 5.95 Å². The zero-order chi connectivity index (χ0) is 13.4. The Hall–Kier alpha value is -2.43. The summed E-state index contributed by atoms with van der Waals surface area (Å²) in [7, 11) is 0. The molecule has 1 aromatic heterocycles. The highest BCUT2D eigenvalue weighted by Gasteiger charge is 2.22. The number of hydrogen-bond acceptors (Lipinski definition) is 4. The monoisotopic (exact) mass is 255 g/mol. The summed E-state index contributed by atoms with van der Waals surface area (Å²) in [5.41, 5.74) is 3.41. The molecule has 0 bridgehead atoms. The molecule has 5 heteroatoms. The number of carboxylic acids is 1. The first-order valence-corrected chi connectivity index (χ1v) is 6.03. The van der Waals surface area contributed by atoms with Crippen LogP contribution < -0.4 is 4.90 Å². The third-order valence-electron chi connectivity index (χ3n) is 3.24. The number of benzene rings is 1. The Labute approximate surface area is 110 Å². The molecule has 0 spiro atoms. The van der Waals surface area contributed by atoms with Gasteiger partial charge in [-0.2, -0.15) is 0 Å². The molecule has 19 heavy (non-hydrogen) atoms. The molecule has 1 N–H and O–H groups in total. The largest absolute Gasteiger partial charge is 0.478 e. The second-order valence-corrected chi connectivity index (χ2v) is 4.64. The zero-order valence-electron chi connectivity index (χ0n) is 10.5.